The first-order valence-electron chi connectivity index (χ1n) is 7.42. The SMILES string of the molecule is COc1cc(F)c(-c2cnc(Nc3ccccc3)n(C)c2=O)cc1F. The van der Waals surface area contributed by atoms with Crippen molar-refractivity contribution in [2.24, 2.45) is 7.05 Å². The molecule has 0 saturated carbocycles. The Hall–Kier alpha value is -3.22. The molecule has 0 amide bonds. The van der Waals surface area contributed by atoms with Crippen LogP contribution in [-0.4, -0.2) is 16.7 Å². The van der Waals surface area contributed by atoms with Gasteiger partial charge in [-0.05, 0) is 18.2 Å². The fourth-order valence-corrected chi connectivity index (χ4v) is 2.39. The summed E-state index contributed by atoms with van der Waals surface area (Å²) in [5.74, 6) is -1.46. The number of hydrogen-bond acceptors (Lipinski definition) is 4. The van der Waals surface area contributed by atoms with Gasteiger partial charge in [-0.2, -0.15) is 0 Å². The van der Waals surface area contributed by atoms with Gasteiger partial charge in [0.2, 0.25) is 5.95 Å². The second-order valence-corrected chi connectivity index (χ2v) is 5.32. The van der Waals surface area contributed by atoms with Crippen molar-refractivity contribution >= 4 is 11.6 Å². The standard InChI is InChI=1S/C18H15F2N3O2/c1-23-17(24)13(12-8-15(20)16(25-2)9-14(12)19)10-21-18(23)22-11-6-4-3-5-7-11/h3-10H,1-2H3,(H,21,22). The van der Waals surface area contributed by atoms with Crippen LogP contribution in [0.5, 0.6) is 5.75 Å². The van der Waals surface area contributed by atoms with Crippen LogP contribution in [0.2, 0.25) is 0 Å². The molecule has 128 valence electrons. The molecule has 0 bridgehead atoms. The minimum Gasteiger partial charge on any atom is -0.494 e. The number of ether oxygens (including phenoxy) is 1. The van der Waals surface area contributed by atoms with Gasteiger partial charge in [0.05, 0.1) is 12.7 Å². The van der Waals surface area contributed by atoms with Gasteiger partial charge >= 0.3 is 0 Å². The Labute approximate surface area is 142 Å². The van der Waals surface area contributed by atoms with Crippen LogP contribution in [0.3, 0.4) is 0 Å². The van der Waals surface area contributed by atoms with Gasteiger partial charge in [0.1, 0.15) is 5.82 Å². The predicted molar refractivity (Wildman–Crippen MR) is 91.1 cm³/mol. The average Bonchev–Trinajstić information content (AvgIpc) is 2.62. The summed E-state index contributed by atoms with van der Waals surface area (Å²) in [4.78, 5) is 16.7. The first-order chi connectivity index (χ1) is 12.0. The van der Waals surface area contributed by atoms with Gasteiger partial charge in [-0.25, -0.2) is 13.8 Å². The number of nitrogens with one attached hydrogen (secondary N) is 1. The van der Waals surface area contributed by atoms with Crippen molar-refractivity contribution in [2.45, 2.75) is 0 Å². The van der Waals surface area contributed by atoms with E-state index >= 15 is 0 Å². The Bertz CT molecular complexity index is 972. The number of para-hydroxylation sites is 1. The summed E-state index contributed by atoms with van der Waals surface area (Å²) in [5, 5.41) is 3.00. The zero-order valence-corrected chi connectivity index (χ0v) is 13.6. The number of aromatic nitrogens is 2. The topological polar surface area (TPSA) is 56.1 Å². The minimum absolute atomic E-state index is 0.0415. The molecule has 0 radical (unpaired) electrons. The van der Waals surface area contributed by atoms with E-state index in [1.165, 1.54) is 24.9 Å². The number of hydrogen-bond donors (Lipinski definition) is 1. The van der Waals surface area contributed by atoms with Crippen molar-refractivity contribution in [2.75, 3.05) is 12.4 Å². The van der Waals surface area contributed by atoms with Gasteiger partial charge < -0.3 is 10.1 Å². The fourth-order valence-electron chi connectivity index (χ4n) is 2.39. The highest BCUT2D eigenvalue weighted by Gasteiger charge is 2.17. The van der Waals surface area contributed by atoms with E-state index in [0.717, 1.165) is 17.8 Å². The quantitative estimate of drug-likeness (QED) is 0.788. The number of methoxy groups -OCH3 is 1. The van der Waals surface area contributed by atoms with Crippen LogP contribution in [0.1, 0.15) is 0 Å². The molecule has 5 nitrogen and oxygen atoms in total. The van der Waals surface area contributed by atoms with E-state index in [-0.39, 0.29) is 22.8 Å². The Balaban J connectivity index is 2.04. The van der Waals surface area contributed by atoms with Gasteiger partial charge in [-0.1, -0.05) is 18.2 Å². The predicted octanol–water partition coefficient (Wildman–Crippen LogP) is 3.48. The molecule has 1 heterocycles. The van der Waals surface area contributed by atoms with Gasteiger partial charge in [-0.3, -0.25) is 9.36 Å². The maximum absolute atomic E-state index is 14.2. The molecule has 0 atom stereocenters. The average molecular weight is 343 g/mol. The number of halogens is 2. The smallest absolute Gasteiger partial charge is 0.262 e. The zero-order chi connectivity index (χ0) is 18.0. The van der Waals surface area contributed by atoms with Crippen molar-refractivity contribution in [1.82, 2.24) is 9.55 Å². The van der Waals surface area contributed by atoms with Crippen molar-refractivity contribution in [1.29, 1.82) is 0 Å². The van der Waals surface area contributed by atoms with Crippen molar-refractivity contribution in [3.05, 3.63) is 70.6 Å². The van der Waals surface area contributed by atoms with Crippen LogP contribution in [-0.2, 0) is 7.05 Å². The van der Waals surface area contributed by atoms with E-state index in [2.05, 4.69) is 10.3 Å². The van der Waals surface area contributed by atoms with Crippen molar-refractivity contribution in [3.63, 3.8) is 0 Å². The molecule has 0 aliphatic heterocycles. The molecule has 3 rings (SSSR count). The molecule has 0 aliphatic rings. The molecule has 2 aromatic carbocycles. The summed E-state index contributed by atoms with van der Waals surface area (Å²) in [6, 6.07) is 11.0. The molecule has 0 spiro atoms. The second kappa shape index (κ2) is 6.72. The molecule has 1 N–H and O–H groups in total. The third-order valence-electron chi connectivity index (χ3n) is 3.73. The molecule has 1 aromatic heterocycles. The lowest BCUT2D eigenvalue weighted by Crippen LogP contribution is -2.22. The van der Waals surface area contributed by atoms with Crippen LogP contribution in [0.4, 0.5) is 20.4 Å². The summed E-state index contributed by atoms with van der Waals surface area (Å²) in [5.41, 5.74) is 0.0362. The Morgan fingerprint density at radius 3 is 2.48 bits per heavy atom. The lowest BCUT2D eigenvalue weighted by molar-refractivity contribution is 0.383. The number of nitrogens with zero attached hydrogens (tertiary/aromatic N) is 2. The van der Waals surface area contributed by atoms with Crippen LogP contribution < -0.4 is 15.6 Å². The Morgan fingerprint density at radius 1 is 1.08 bits per heavy atom. The fraction of sp³-hybridized carbons (Fsp3) is 0.111. The highest BCUT2D eigenvalue weighted by molar-refractivity contribution is 5.65. The lowest BCUT2D eigenvalue weighted by Gasteiger charge is -2.12. The largest absolute Gasteiger partial charge is 0.494 e. The second-order valence-electron chi connectivity index (χ2n) is 5.32. The van der Waals surface area contributed by atoms with Gasteiger partial charge in [-0.15, -0.1) is 0 Å². The number of anilines is 2. The van der Waals surface area contributed by atoms with E-state index in [1.807, 2.05) is 30.3 Å². The van der Waals surface area contributed by atoms with E-state index < -0.39 is 17.2 Å². The summed E-state index contributed by atoms with van der Waals surface area (Å²) in [6.45, 7) is 0. The summed E-state index contributed by atoms with van der Waals surface area (Å²) in [6.07, 6.45) is 1.22. The van der Waals surface area contributed by atoms with E-state index in [9.17, 15) is 13.6 Å². The summed E-state index contributed by atoms with van der Waals surface area (Å²) in [7, 11) is 2.74. The normalized spacial score (nSPS) is 10.6. The van der Waals surface area contributed by atoms with Gasteiger partial charge in [0.15, 0.2) is 11.6 Å². The molecule has 7 heteroatoms. The first-order valence-corrected chi connectivity index (χ1v) is 7.42. The highest BCUT2D eigenvalue weighted by Crippen LogP contribution is 2.27. The zero-order valence-electron chi connectivity index (χ0n) is 13.6. The van der Waals surface area contributed by atoms with Crippen LogP contribution >= 0.6 is 0 Å². The molecule has 0 unspecified atom stereocenters. The van der Waals surface area contributed by atoms with Crippen LogP contribution in [0.25, 0.3) is 11.1 Å². The monoisotopic (exact) mass is 343 g/mol. The first kappa shape index (κ1) is 16.6. The third kappa shape index (κ3) is 3.21. The van der Waals surface area contributed by atoms with Gasteiger partial charge in [0, 0.05) is 30.6 Å². The summed E-state index contributed by atoms with van der Waals surface area (Å²) < 4.78 is 34.1. The van der Waals surface area contributed by atoms with Gasteiger partial charge in [0.25, 0.3) is 5.56 Å². The highest BCUT2D eigenvalue weighted by atomic mass is 19.1. The Morgan fingerprint density at radius 2 is 1.80 bits per heavy atom. The molecule has 3 aromatic rings. The molecule has 25 heavy (non-hydrogen) atoms. The van der Waals surface area contributed by atoms with E-state index in [4.69, 9.17) is 4.74 Å². The van der Waals surface area contributed by atoms with Crippen molar-refractivity contribution in [3.8, 4) is 16.9 Å². The third-order valence-corrected chi connectivity index (χ3v) is 3.73. The lowest BCUT2D eigenvalue weighted by atomic mass is 10.1. The van der Waals surface area contributed by atoms with E-state index in [1.54, 1.807) is 0 Å². The van der Waals surface area contributed by atoms with Crippen LogP contribution in [0.15, 0.2) is 53.5 Å². The maximum Gasteiger partial charge on any atom is 0.262 e. The molecule has 0 fully saturated rings. The number of benzene rings is 2. The molecule has 0 aliphatic carbocycles. The summed E-state index contributed by atoms with van der Waals surface area (Å²) >= 11 is 0. The Kier molecular flexibility index (Phi) is 4.47. The molecular weight excluding hydrogens is 328 g/mol. The number of rotatable bonds is 4. The molecule has 0 saturated heterocycles. The maximum atomic E-state index is 14.2. The van der Waals surface area contributed by atoms with Crippen molar-refractivity contribution < 1.29 is 13.5 Å². The minimum atomic E-state index is -0.763. The van der Waals surface area contributed by atoms with E-state index in [0.29, 0.717) is 0 Å². The van der Waals surface area contributed by atoms with Crippen LogP contribution in [0, 0.1) is 11.6 Å². The molecular formula is C18H15F2N3O2.